The molecule has 0 aliphatic carbocycles. The molecule has 0 saturated carbocycles. The first-order valence-corrected chi connectivity index (χ1v) is 11.3. The highest BCUT2D eigenvalue weighted by atomic mass is 16.6. The van der Waals surface area contributed by atoms with Gasteiger partial charge in [0, 0.05) is 17.5 Å². The topological polar surface area (TPSA) is 103 Å². The minimum absolute atomic E-state index is 0.0955. The lowest BCUT2D eigenvalue weighted by Crippen LogP contribution is -2.15. The zero-order valence-corrected chi connectivity index (χ0v) is 19.3. The summed E-state index contributed by atoms with van der Waals surface area (Å²) in [5, 5.41) is 18.6. The van der Waals surface area contributed by atoms with Crippen LogP contribution in [0.2, 0.25) is 0 Å². The van der Waals surface area contributed by atoms with Gasteiger partial charge in [-0.05, 0) is 29.3 Å². The summed E-state index contributed by atoms with van der Waals surface area (Å²) in [7, 11) is 1.63. The molecule has 1 aliphatic heterocycles. The van der Waals surface area contributed by atoms with Gasteiger partial charge in [-0.15, -0.1) is 5.10 Å². The lowest BCUT2D eigenvalue weighted by Gasteiger charge is -2.28. The molecule has 0 bridgehead atoms. The third-order valence-electron chi connectivity index (χ3n) is 5.95. The molecule has 1 aliphatic rings. The predicted molar refractivity (Wildman–Crippen MR) is 132 cm³/mol. The summed E-state index contributed by atoms with van der Waals surface area (Å²) >= 11 is 0. The van der Waals surface area contributed by atoms with Gasteiger partial charge in [0.2, 0.25) is 5.88 Å². The number of fused-ring (bicyclic) bond motifs is 4. The maximum absolute atomic E-state index is 10.0. The number of methoxy groups -OCH3 is 1. The molecule has 2 aromatic heterocycles. The number of benzene rings is 3. The average molecular weight is 479 g/mol. The zero-order valence-electron chi connectivity index (χ0n) is 19.3. The van der Waals surface area contributed by atoms with E-state index in [2.05, 4.69) is 15.2 Å². The van der Waals surface area contributed by atoms with Crippen molar-refractivity contribution in [1.29, 1.82) is 0 Å². The van der Waals surface area contributed by atoms with Crippen molar-refractivity contribution in [2.75, 3.05) is 7.11 Å². The highest BCUT2D eigenvalue weighted by Gasteiger charge is 2.33. The Balaban J connectivity index is 1.38. The van der Waals surface area contributed by atoms with E-state index in [0.29, 0.717) is 23.1 Å². The predicted octanol–water partition coefficient (Wildman–Crippen LogP) is 4.68. The Morgan fingerprint density at radius 1 is 1.08 bits per heavy atom. The summed E-state index contributed by atoms with van der Waals surface area (Å²) in [6.45, 7) is 0.0955. The Hall–Kier alpha value is -4.92. The van der Waals surface area contributed by atoms with Gasteiger partial charge in [-0.25, -0.2) is 14.5 Å². The Morgan fingerprint density at radius 2 is 1.92 bits per heavy atom. The van der Waals surface area contributed by atoms with Crippen LogP contribution in [0, 0.1) is 0 Å². The summed E-state index contributed by atoms with van der Waals surface area (Å²) in [6.07, 6.45) is 3.19. The standard InChI is InChI=1S/C27H21N5O4/c1-34-20-10-7-18(8-11-20)24-21-12-9-19(33)13-22(21)36-27-25(24)26-30-23(31-32(26)16-28-27)15-35-29-14-17-5-3-2-4-6-17/h2-14,16,24,33H,15H2,1H3. The number of aromatic nitrogens is 4. The SMILES string of the molecule is COc1ccc(C2c3ccc(O)cc3Oc3ncn4nc(CON=Cc5ccccc5)nc4c32)cc1. The molecule has 1 N–H and O–H groups in total. The number of phenolic OH excluding ortho intramolecular Hbond substituents is 1. The fraction of sp³-hybridized carbons (Fsp3) is 0.111. The highest BCUT2D eigenvalue weighted by molar-refractivity contribution is 5.78. The molecule has 5 aromatic rings. The molecule has 6 rings (SSSR count). The van der Waals surface area contributed by atoms with Crippen molar-refractivity contribution in [3.05, 3.63) is 107 Å². The van der Waals surface area contributed by atoms with Gasteiger partial charge < -0.3 is 19.4 Å². The third kappa shape index (κ3) is 3.96. The second-order valence-corrected chi connectivity index (χ2v) is 8.21. The van der Waals surface area contributed by atoms with Crippen molar-refractivity contribution in [3.63, 3.8) is 0 Å². The summed E-state index contributed by atoms with van der Waals surface area (Å²) in [5.74, 6) is 2.03. The zero-order chi connectivity index (χ0) is 24.5. The van der Waals surface area contributed by atoms with Gasteiger partial charge in [0.1, 0.15) is 23.6 Å². The molecule has 1 atom stereocenters. The smallest absolute Gasteiger partial charge is 0.228 e. The van der Waals surface area contributed by atoms with Crippen LogP contribution in [0.1, 0.15) is 34.0 Å². The summed E-state index contributed by atoms with van der Waals surface area (Å²) in [5.41, 5.74) is 4.18. The molecule has 0 radical (unpaired) electrons. The van der Waals surface area contributed by atoms with E-state index in [1.165, 1.54) is 0 Å². The monoisotopic (exact) mass is 479 g/mol. The summed E-state index contributed by atoms with van der Waals surface area (Å²) < 4.78 is 13.0. The Morgan fingerprint density at radius 3 is 2.72 bits per heavy atom. The fourth-order valence-corrected chi connectivity index (χ4v) is 4.28. The van der Waals surface area contributed by atoms with E-state index in [9.17, 15) is 5.11 Å². The van der Waals surface area contributed by atoms with E-state index in [4.69, 9.17) is 19.3 Å². The van der Waals surface area contributed by atoms with Gasteiger partial charge in [-0.2, -0.15) is 0 Å². The van der Waals surface area contributed by atoms with Gasteiger partial charge in [0.25, 0.3) is 0 Å². The quantitative estimate of drug-likeness (QED) is 0.273. The number of rotatable bonds is 6. The maximum Gasteiger partial charge on any atom is 0.228 e. The first-order chi connectivity index (χ1) is 17.7. The van der Waals surface area contributed by atoms with Crippen molar-refractivity contribution >= 4 is 11.9 Å². The van der Waals surface area contributed by atoms with Gasteiger partial charge in [-0.1, -0.05) is 53.7 Å². The molecule has 0 saturated heterocycles. The maximum atomic E-state index is 10.0. The first-order valence-electron chi connectivity index (χ1n) is 11.3. The van der Waals surface area contributed by atoms with Crippen molar-refractivity contribution < 1.29 is 19.4 Å². The van der Waals surface area contributed by atoms with Crippen LogP contribution in [0.5, 0.6) is 23.1 Å². The summed E-state index contributed by atoms with van der Waals surface area (Å²) in [6, 6.07) is 22.6. The van der Waals surface area contributed by atoms with Gasteiger partial charge in [0.15, 0.2) is 18.1 Å². The Labute approximate surface area is 206 Å². The van der Waals surface area contributed by atoms with Crippen molar-refractivity contribution in [2.45, 2.75) is 12.5 Å². The van der Waals surface area contributed by atoms with Crippen LogP contribution >= 0.6 is 0 Å². The van der Waals surface area contributed by atoms with E-state index >= 15 is 0 Å². The minimum Gasteiger partial charge on any atom is -0.508 e. The number of hydrogen-bond acceptors (Lipinski definition) is 8. The van der Waals surface area contributed by atoms with Crippen LogP contribution in [0.4, 0.5) is 0 Å². The van der Waals surface area contributed by atoms with Crippen LogP contribution in [-0.2, 0) is 11.4 Å². The summed E-state index contributed by atoms with van der Waals surface area (Å²) in [4.78, 5) is 14.7. The first kappa shape index (κ1) is 21.6. The molecular formula is C27H21N5O4. The minimum atomic E-state index is -0.250. The highest BCUT2D eigenvalue weighted by Crippen LogP contribution is 2.48. The third-order valence-corrected chi connectivity index (χ3v) is 5.95. The number of aromatic hydroxyl groups is 1. The van der Waals surface area contributed by atoms with Gasteiger partial charge >= 0.3 is 0 Å². The van der Waals surface area contributed by atoms with E-state index in [1.807, 2.05) is 60.7 Å². The van der Waals surface area contributed by atoms with Crippen molar-refractivity contribution in [3.8, 4) is 23.1 Å². The van der Waals surface area contributed by atoms with Crippen LogP contribution in [0.3, 0.4) is 0 Å². The fourth-order valence-electron chi connectivity index (χ4n) is 4.28. The molecule has 0 amide bonds. The van der Waals surface area contributed by atoms with Crippen molar-refractivity contribution in [2.24, 2.45) is 5.16 Å². The number of phenols is 1. The van der Waals surface area contributed by atoms with E-state index in [-0.39, 0.29) is 18.3 Å². The van der Waals surface area contributed by atoms with Crippen LogP contribution in [0.25, 0.3) is 5.65 Å². The number of ether oxygens (including phenoxy) is 2. The van der Waals surface area contributed by atoms with E-state index < -0.39 is 0 Å². The van der Waals surface area contributed by atoms with Crippen LogP contribution < -0.4 is 9.47 Å². The largest absolute Gasteiger partial charge is 0.508 e. The van der Waals surface area contributed by atoms with Gasteiger partial charge in [0.05, 0.1) is 18.9 Å². The lowest BCUT2D eigenvalue weighted by molar-refractivity contribution is 0.126. The Kier molecular flexibility index (Phi) is 5.42. The molecule has 9 nitrogen and oxygen atoms in total. The molecule has 3 heterocycles. The van der Waals surface area contributed by atoms with Crippen LogP contribution in [-0.4, -0.2) is 38.0 Å². The van der Waals surface area contributed by atoms with Crippen LogP contribution in [0.15, 0.2) is 84.3 Å². The van der Waals surface area contributed by atoms with Crippen molar-refractivity contribution in [1.82, 2.24) is 19.6 Å². The molecule has 1 unspecified atom stereocenters. The average Bonchev–Trinajstić information content (AvgIpc) is 3.34. The molecule has 178 valence electrons. The normalized spacial score (nSPS) is 14.3. The Bertz CT molecular complexity index is 1570. The second kappa shape index (κ2) is 9.03. The number of oxime groups is 1. The lowest BCUT2D eigenvalue weighted by atomic mass is 9.84. The molecule has 9 heteroatoms. The molecule has 0 spiro atoms. The number of nitrogens with zero attached hydrogens (tertiary/aromatic N) is 5. The molecule has 36 heavy (non-hydrogen) atoms. The second-order valence-electron chi connectivity index (χ2n) is 8.21. The van der Waals surface area contributed by atoms with E-state index in [0.717, 1.165) is 28.0 Å². The number of hydrogen-bond donors (Lipinski definition) is 1. The molecule has 3 aromatic carbocycles. The molecule has 0 fully saturated rings. The van der Waals surface area contributed by atoms with Gasteiger partial charge in [-0.3, -0.25) is 0 Å². The molecular weight excluding hydrogens is 458 g/mol. The van der Waals surface area contributed by atoms with E-state index in [1.54, 1.807) is 36.3 Å².